The molecule has 2 atom stereocenters. The normalized spacial score (nSPS) is 22.8. The Morgan fingerprint density at radius 1 is 1.32 bits per heavy atom. The van der Waals surface area contributed by atoms with Gasteiger partial charge in [-0.15, -0.1) is 5.10 Å². The third-order valence-corrected chi connectivity index (χ3v) is 3.71. The van der Waals surface area contributed by atoms with E-state index >= 15 is 0 Å². The molecule has 0 aromatic carbocycles. The van der Waals surface area contributed by atoms with E-state index in [1.54, 1.807) is 4.90 Å². The molecule has 1 N–H and O–H groups in total. The van der Waals surface area contributed by atoms with E-state index in [0.717, 1.165) is 30.7 Å². The van der Waals surface area contributed by atoms with Crippen LogP contribution in [-0.4, -0.2) is 38.8 Å². The van der Waals surface area contributed by atoms with Gasteiger partial charge in [-0.2, -0.15) is 5.10 Å². The summed E-state index contributed by atoms with van der Waals surface area (Å²) in [6.45, 7) is 6.67. The van der Waals surface area contributed by atoms with E-state index in [1.807, 2.05) is 20.8 Å². The van der Waals surface area contributed by atoms with Crippen LogP contribution in [0, 0.1) is 5.92 Å². The Bertz CT molecular complexity index is 478. The van der Waals surface area contributed by atoms with Gasteiger partial charge in [0.2, 0.25) is 5.95 Å². The molecule has 0 saturated carbocycles. The molecule has 0 bridgehead atoms. The zero-order chi connectivity index (χ0) is 14.0. The van der Waals surface area contributed by atoms with Crippen molar-refractivity contribution in [1.29, 1.82) is 0 Å². The molecule has 1 aromatic heterocycles. The summed E-state index contributed by atoms with van der Waals surface area (Å²) in [4.78, 5) is 17.6. The van der Waals surface area contributed by atoms with Crippen LogP contribution < -0.4 is 4.90 Å². The van der Waals surface area contributed by atoms with Crippen molar-refractivity contribution < 1.29 is 9.90 Å². The summed E-state index contributed by atoms with van der Waals surface area (Å²) >= 11 is 0. The average Bonchev–Trinajstić information content (AvgIpc) is 2.79. The summed E-state index contributed by atoms with van der Waals surface area (Å²) in [6.07, 6.45) is 2.42. The van der Waals surface area contributed by atoms with E-state index in [-0.39, 0.29) is 5.92 Å². The van der Waals surface area contributed by atoms with Gasteiger partial charge in [-0.05, 0) is 25.2 Å². The molecule has 1 fully saturated rings. The van der Waals surface area contributed by atoms with Crippen LogP contribution in [0.5, 0.6) is 0 Å². The van der Waals surface area contributed by atoms with Crippen LogP contribution in [0.3, 0.4) is 0 Å². The molecule has 1 aliphatic heterocycles. The number of hydrogen-bond acceptors (Lipinski definition) is 5. The molecule has 6 heteroatoms. The highest BCUT2D eigenvalue weighted by molar-refractivity contribution is 5.78. The summed E-state index contributed by atoms with van der Waals surface area (Å²) in [5, 5.41) is 17.6. The predicted molar refractivity (Wildman–Crippen MR) is 71.1 cm³/mol. The summed E-state index contributed by atoms with van der Waals surface area (Å²) in [5.41, 5.74) is 1.81. The highest BCUT2D eigenvalue weighted by Crippen LogP contribution is 2.27. The highest BCUT2D eigenvalue weighted by Gasteiger charge is 2.38. The van der Waals surface area contributed by atoms with E-state index in [9.17, 15) is 9.90 Å². The number of carbonyl (C=O) groups is 1. The van der Waals surface area contributed by atoms with Crippen molar-refractivity contribution in [2.24, 2.45) is 5.92 Å². The summed E-state index contributed by atoms with van der Waals surface area (Å²) < 4.78 is 0. The maximum Gasteiger partial charge on any atom is 0.326 e. The lowest BCUT2D eigenvalue weighted by molar-refractivity contribution is -0.139. The summed E-state index contributed by atoms with van der Waals surface area (Å²) in [7, 11) is 0. The molecule has 2 heterocycles. The first-order valence-electron chi connectivity index (χ1n) is 6.80. The van der Waals surface area contributed by atoms with Crippen LogP contribution in [0.4, 0.5) is 5.95 Å². The number of carboxylic acid groups (broad SMARTS) is 1. The van der Waals surface area contributed by atoms with Gasteiger partial charge < -0.3 is 10.0 Å². The van der Waals surface area contributed by atoms with Crippen molar-refractivity contribution in [3.05, 3.63) is 11.4 Å². The minimum absolute atomic E-state index is 0.108. The molecule has 6 nitrogen and oxygen atoms in total. The van der Waals surface area contributed by atoms with Gasteiger partial charge in [0.25, 0.3) is 0 Å². The SMILES string of the molecule is CCc1nnc(N2CCC(C)C2C(=O)O)nc1CC. The number of rotatable bonds is 4. The van der Waals surface area contributed by atoms with E-state index in [1.165, 1.54) is 0 Å². The summed E-state index contributed by atoms with van der Waals surface area (Å²) in [6, 6.07) is -0.543. The zero-order valence-corrected chi connectivity index (χ0v) is 11.6. The fourth-order valence-corrected chi connectivity index (χ4v) is 2.60. The maximum absolute atomic E-state index is 11.4. The first kappa shape index (κ1) is 13.7. The molecule has 19 heavy (non-hydrogen) atoms. The van der Waals surface area contributed by atoms with Gasteiger partial charge in [-0.3, -0.25) is 0 Å². The standard InChI is InChI=1S/C13H20N4O2/c1-4-9-10(5-2)15-16-13(14-9)17-7-6-8(3)11(17)12(18)19/h8,11H,4-7H2,1-3H3,(H,18,19). The van der Waals surface area contributed by atoms with Crippen molar-refractivity contribution in [1.82, 2.24) is 15.2 Å². The smallest absolute Gasteiger partial charge is 0.326 e. The second-order valence-corrected chi connectivity index (χ2v) is 4.95. The van der Waals surface area contributed by atoms with Gasteiger partial charge >= 0.3 is 5.97 Å². The average molecular weight is 264 g/mol. The number of anilines is 1. The van der Waals surface area contributed by atoms with Crippen LogP contribution in [-0.2, 0) is 17.6 Å². The monoisotopic (exact) mass is 264 g/mol. The third-order valence-electron chi connectivity index (χ3n) is 3.71. The molecule has 2 unspecified atom stereocenters. The zero-order valence-electron chi connectivity index (χ0n) is 11.6. The molecule has 0 amide bonds. The lowest BCUT2D eigenvalue weighted by Gasteiger charge is -2.23. The van der Waals surface area contributed by atoms with E-state index in [2.05, 4.69) is 15.2 Å². The van der Waals surface area contributed by atoms with Gasteiger partial charge in [-0.25, -0.2) is 9.78 Å². The Balaban J connectivity index is 2.33. The van der Waals surface area contributed by atoms with Gasteiger partial charge in [0.05, 0.1) is 11.4 Å². The molecular formula is C13H20N4O2. The van der Waals surface area contributed by atoms with Crippen LogP contribution in [0.2, 0.25) is 0 Å². The Hall–Kier alpha value is -1.72. The first-order valence-corrected chi connectivity index (χ1v) is 6.80. The fourth-order valence-electron chi connectivity index (χ4n) is 2.60. The third kappa shape index (κ3) is 2.52. The fraction of sp³-hybridized carbons (Fsp3) is 0.692. The number of nitrogens with zero attached hydrogens (tertiary/aromatic N) is 4. The quantitative estimate of drug-likeness (QED) is 0.883. The molecule has 1 aromatic rings. The Labute approximate surface area is 112 Å². The van der Waals surface area contributed by atoms with Gasteiger partial charge in [0.15, 0.2) is 0 Å². The van der Waals surface area contributed by atoms with Crippen molar-refractivity contribution in [2.75, 3.05) is 11.4 Å². The summed E-state index contributed by atoms with van der Waals surface area (Å²) in [5.74, 6) is -0.256. The molecule has 1 aliphatic rings. The minimum atomic E-state index is -0.814. The first-order chi connectivity index (χ1) is 9.08. The number of aromatic nitrogens is 3. The second-order valence-electron chi connectivity index (χ2n) is 4.95. The van der Waals surface area contributed by atoms with Crippen LogP contribution >= 0.6 is 0 Å². The van der Waals surface area contributed by atoms with Crippen molar-refractivity contribution >= 4 is 11.9 Å². The number of aryl methyl sites for hydroxylation is 2. The second kappa shape index (κ2) is 5.50. The molecule has 1 saturated heterocycles. The number of hydrogen-bond donors (Lipinski definition) is 1. The Morgan fingerprint density at radius 3 is 2.58 bits per heavy atom. The molecule has 0 radical (unpaired) electrons. The van der Waals surface area contributed by atoms with E-state index in [0.29, 0.717) is 12.5 Å². The van der Waals surface area contributed by atoms with E-state index in [4.69, 9.17) is 0 Å². The Morgan fingerprint density at radius 2 is 2.00 bits per heavy atom. The van der Waals surface area contributed by atoms with Gasteiger partial charge in [0, 0.05) is 6.54 Å². The largest absolute Gasteiger partial charge is 0.480 e. The maximum atomic E-state index is 11.4. The molecule has 2 rings (SSSR count). The lowest BCUT2D eigenvalue weighted by atomic mass is 10.0. The predicted octanol–water partition coefficient (Wildman–Crippen LogP) is 1.30. The van der Waals surface area contributed by atoms with Crippen molar-refractivity contribution in [3.63, 3.8) is 0 Å². The van der Waals surface area contributed by atoms with Gasteiger partial charge in [-0.1, -0.05) is 20.8 Å². The van der Waals surface area contributed by atoms with E-state index < -0.39 is 12.0 Å². The van der Waals surface area contributed by atoms with Crippen LogP contribution in [0.1, 0.15) is 38.6 Å². The molecule has 104 valence electrons. The highest BCUT2D eigenvalue weighted by atomic mass is 16.4. The molecular weight excluding hydrogens is 244 g/mol. The number of carboxylic acids is 1. The molecule has 0 spiro atoms. The van der Waals surface area contributed by atoms with Crippen molar-refractivity contribution in [2.45, 2.75) is 46.1 Å². The topological polar surface area (TPSA) is 79.2 Å². The van der Waals surface area contributed by atoms with Gasteiger partial charge in [0.1, 0.15) is 6.04 Å². The minimum Gasteiger partial charge on any atom is -0.480 e. The van der Waals surface area contributed by atoms with Crippen molar-refractivity contribution in [3.8, 4) is 0 Å². The Kier molecular flexibility index (Phi) is 3.97. The molecule has 0 aliphatic carbocycles. The van der Waals surface area contributed by atoms with Crippen LogP contribution in [0.25, 0.3) is 0 Å². The number of aliphatic carboxylic acids is 1. The van der Waals surface area contributed by atoms with Crippen LogP contribution in [0.15, 0.2) is 0 Å². The lowest BCUT2D eigenvalue weighted by Crippen LogP contribution is -2.40.